The SMILES string of the molecule is CCNCc1cnccc1Oc1ccc(OCC)cc1. The van der Waals surface area contributed by atoms with Crippen LogP contribution in [0.3, 0.4) is 0 Å². The molecular weight excluding hydrogens is 252 g/mol. The van der Waals surface area contributed by atoms with Gasteiger partial charge < -0.3 is 14.8 Å². The van der Waals surface area contributed by atoms with E-state index in [1.54, 1.807) is 6.20 Å². The summed E-state index contributed by atoms with van der Waals surface area (Å²) in [5.41, 5.74) is 1.04. The van der Waals surface area contributed by atoms with Gasteiger partial charge in [0.25, 0.3) is 0 Å². The predicted octanol–water partition coefficient (Wildman–Crippen LogP) is 3.38. The Labute approximate surface area is 119 Å². The molecule has 0 atom stereocenters. The molecule has 0 bridgehead atoms. The third kappa shape index (κ3) is 3.96. The molecule has 4 heteroatoms. The van der Waals surface area contributed by atoms with Crippen LogP contribution in [0.15, 0.2) is 42.7 Å². The molecule has 0 amide bonds. The van der Waals surface area contributed by atoms with Crippen LogP contribution in [0, 0.1) is 0 Å². The number of ether oxygens (including phenoxy) is 2. The van der Waals surface area contributed by atoms with Gasteiger partial charge in [0.05, 0.1) is 6.61 Å². The zero-order chi connectivity index (χ0) is 14.2. The molecule has 2 aromatic rings. The lowest BCUT2D eigenvalue weighted by Crippen LogP contribution is -2.12. The fraction of sp³-hybridized carbons (Fsp3) is 0.312. The lowest BCUT2D eigenvalue weighted by Gasteiger charge is -2.11. The van der Waals surface area contributed by atoms with E-state index in [-0.39, 0.29) is 0 Å². The van der Waals surface area contributed by atoms with Gasteiger partial charge in [-0.15, -0.1) is 0 Å². The molecule has 0 aliphatic heterocycles. The van der Waals surface area contributed by atoms with E-state index in [0.717, 1.165) is 35.9 Å². The number of pyridine rings is 1. The molecule has 20 heavy (non-hydrogen) atoms. The molecule has 106 valence electrons. The first-order valence-electron chi connectivity index (χ1n) is 6.87. The maximum Gasteiger partial charge on any atom is 0.134 e. The monoisotopic (exact) mass is 272 g/mol. The van der Waals surface area contributed by atoms with Crippen LogP contribution in [0.1, 0.15) is 19.4 Å². The Hall–Kier alpha value is -2.07. The van der Waals surface area contributed by atoms with Gasteiger partial charge in [0.1, 0.15) is 17.2 Å². The zero-order valence-corrected chi connectivity index (χ0v) is 11.9. The van der Waals surface area contributed by atoms with E-state index in [9.17, 15) is 0 Å². The van der Waals surface area contributed by atoms with Gasteiger partial charge in [0, 0.05) is 24.5 Å². The maximum absolute atomic E-state index is 5.90. The van der Waals surface area contributed by atoms with Gasteiger partial charge in [-0.3, -0.25) is 4.98 Å². The van der Waals surface area contributed by atoms with Crippen molar-refractivity contribution < 1.29 is 9.47 Å². The minimum atomic E-state index is 0.664. The molecule has 0 spiro atoms. The summed E-state index contributed by atoms with van der Waals surface area (Å²) in [4.78, 5) is 4.14. The Kier molecular flexibility index (Phi) is 5.38. The Morgan fingerprint density at radius 1 is 1.05 bits per heavy atom. The van der Waals surface area contributed by atoms with Crippen LogP contribution >= 0.6 is 0 Å². The summed E-state index contributed by atoms with van der Waals surface area (Å²) < 4.78 is 11.3. The van der Waals surface area contributed by atoms with Crippen LogP contribution in [0.2, 0.25) is 0 Å². The van der Waals surface area contributed by atoms with Gasteiger partial charge in [0.2, 0.25) is 0 Å². The zero-order valence-electron chi connectivity index (χ0n) is 11.9. The van der Waals surface area contributed by atoms with Crippen molar-refractivity contribution in [3.63, 3.8) is 0 Å². The van der Waals surface area contributed by atoms with Gasteiger partial charge in [-0.1, -0.05) is 6.92 Å². The topological polar surface area (TPSA) is 43.4 Å². The second-order valence-corrected chi connectivity index (χ2v) is 4.27. The van der Waals surface area contributed by atoms with Crippen molar-refractivity contribution in [2.45, 2.75) is 20.4 Å². The summed E-state index contributed by atoms with van der Waals surface area (Å²) in [6.07, 6.45) is 3.56. The van der Waals surface area contributed by atoms with Gasteiger partial charge >= 0.3 is 0 Å². The fourth-order valence-electron chi connectivity index (χ4n) is 1.80. The summed E-state index contributed by atoms with van der Waals surface area (Å²) in [5.74, 6) is 2.46. The van der Waals surface area contributed by atoms with Crippen molar-refractivity contribution in [2.75, 3.05) is 13.2 Å². The molecule has 0 fully saturated rings. The van der Waals surface area contributed by atoms with Crippen LogP contribution in [0.5, 0.6) is 17.2 Å². The second-order valence-electron chi connectivity index (χ2n) is 4.27. The van der Waals surface area contributed by atoms with Crippen LogP contribution in [0.4, 0.5) is 0 Å². The third-order valence-electron chi connectivity index (χ3n) is 2.79. The molecule has 2 rings (SSSR count). The molecule has 0 saturated carbocycles. The summed E-state index contributed by atoms with van der Waals surface area (Å²) in [6.45, 7) is 6.36. The molecule has 0 radical (unpaired) electrons. The number of rotatable bonds is 7. The Balaban J connectivity index is 2.08. The van der Waals surface area contributed by atoms with Crippen LogP contribution in [-0.2, 0) is 6.54 Å². The highest BCUT2D eigenvalue weighted by molar-refractivity contribution is 5.38. The molecule has 0 unspecified atom stereocenters. The quantitative estimate of drug-likeness (QED) is 0.839. The van der Waals surface area contributed by atoms with Gasteiger partial charge in [-0.25, -0.2) is 0 Å². The summed E-state index contributed by atoms with van der Waals surface area (Å²) in [7, 11) is 0. The number of aromatic nitrogens is 1. The number of benzene rings is 1. The molecule has 0 aliphatic rings. The number of nitrogens with zero attached hydrogens (tertiary/aromatic N) is 1. The van der Waals surface area contributed by atoms with Crippen molar-refractivity contribution in [3.8, 4) is 17.2 Å². The van der Waals surface area contributed by atoms with Crippen molar-refractivity contribution in [1.82, 2.24) is 10.3 Å². The molecule has 4 nitrogen and oxygen atoms in total. The van der Waals surface area contributed by atoms with Crippen LogP contribution in [0.25, 0.3) is 0 Å². The lowest BCUT2D eigenvalue weighted by molar-refractivity contribution is 0.339. The molecular formula is C16H20N2O2. The smallest absolute Gasteiger partial charge is 0.134 e. The highest BCUT2D eigenvalue weighted by Gasteiger charge is 2.04. The predicted molar refractivity (Wildman–Crippen MR) is 79.3 cm³/mol. The summed E-state index contributed by atoms with van der Waals surface area (Å²) >= 11 is 0. The maximum atomic E-state index is 5.90. The first kappa shape index (κ1) is 14.3. The Morgan fingerprint density at radius 2 is 1.80 bits per heavy atom. The van der Waals surface area contributed by atoms with Crippen LogP contribution in [-0.4, -0.2) is 18.1 Å². The first-order chi connectivity index (χ1) is 9.83. The largest absolute Gasteiger partial charge is 0.494 e. The van der Waals surface area contributed by atoms with Crippen molar-refractivity contribution in [1.29, 1.82) is 0 Å². The fourth-order valence-corrected chi connectivity index (χ4v) is 1.80. The van der Waals surface area contributed by atoms with E-state index in [1.165, 1.54) is 0 Å². The molecule has 1 aromatic heterocycles. The van der Waals surface area contributed by atoms with Crippen molar-refractivity contribution in [3.05, 3.63) is 48.3 Å². The van der Waals surface area contributed by atoms with Crippen molar-refractivity contribution in [2.24, 2.45) is 0 Å². The van der Waals surface area contributed by atoms with E-state index in [4.69, 9.17) is 9.47 Å². The minimum Gasteiger partial charge on any atom is -0.494 e. The summed E-state index contributed by atoms with van der Waals surface area (Å²) in [5, 5.41) is 3.28. The van der Waals surface area contributed by atoms with E-state index < -0.39 is 0 Å². The van der Waals surface area contributed by atoms with Crippen LogP contribution < -0.4 is 14.8 Å². The average Bonchev–Trinajstić information content (AvgIpc) is 2.49. The lowest BCUT2D eigenvalue weighted by atomic mass is 10.2. The molecule has 0 aliphatic carbocycles. The Morgan fingerprint density at radius 3 is 2.50 bits per heavy atom. The minimum absolute atomic E-state index is 0.664. The van der Waals surface area contributed by atoms with E-state index in [1.807, 2.05) is 43.5 Å². The molecule has 1 N–H and O–H groups in total. The third-order valence-corrected chi connectivity index (χ3v) is 2.79. The first-order valence-corrected chi connectivity index (χ1v) is 6.87. The van der Waals surface area contributed by atoms with Gasteiger partial charge in [0.15, 0.2) is 0 Å². The van der Waals surface area contributed by atoms with Crippen molar-refractivity contribution >= 4 is 0 Å². The number of nitrogens with one attached hydrogen (secondary N) is 1. The Bertz CT molecular complexity index is 526. The van der Waals surface area contributed by atoms with E-state index in [2.05, 4.69) is 17.2 Å². The normalized spacial score (nSPS) is 10.3. The molecule has 1 aromatic carbocycles. The number of hydrogen-bond acceptors (Lipinski definition) is 4. The second kappa shape index (κ2) is 7.50. The van der Waals surface area contributed by atoms with Gasteiger partial charge in [-0.2, -0.15) is 0 Å². The van der Waals surface area contributed by atoms with E-state index in [0.29, 0.717) is 6.61 Å². The van der Waals surface area contributed by atoms with Gasteiger partial charge in [-0.05, 0) is 43.8 Å². The standard InChI is InChI=1S/C16H20N2O2/c1-3-17-11-13-12-18-10-9-16(13)20-15-7-5-14(6-8-15)19-4-2/h5-10,12,17H,3-4,11H2,1-2H3. The number of hydrogen-bond donors (Lipinski definition) is 1. The highest BCUT2D eigenvalue weighted by atomic mass is 16.5. The highest BCUT2D eigenvalue weighted by Crippen LogP contribution is 2.26. The molecule has 0 saturated heterocycles. The van der Waals surface area contributed by atoms with E-state index >= 15 is 0 Å². The average molecular weight is 272 g/mol. The molecule has 1 heterocycles. The summed E-state index contributed by atoms with van der Waals surface area (Å²) in [6, 6.07) is 9.50.